The first-order valence-corrected chi connectivity index (χ1v) is 5.54. The third kappa shape index (κ3) is 1.72. The van der Waals surface area contributed by atoms with Gasteiger partial charge in [-0.05, 0) is 12.1 Å². The molecule has 0 aliphatic heterocycles. The van der Waals surface area contributed by atoms with Crippen LogP contribution < -0.4 is 5.73 Å². The van der Waals surface area contributed by atoms with E-state index in [1.165, 1.54) is 0 Å². The molecule has 4 nitrogen and oxygen atoms in total. The van der Waals surface area contributed by atoms with Gasteiger partial charge in [-0.3, -0.25) is 4.68 Å². The van der Waals surface area contributed by atoms with Gasteiger partial charge in [-0.2, -0.15) is 5.10 Å². The highest BCUT2D eigenvalue weighted by Gasteiger charge is 2.08. The first-order valence-electron chi connectivity index (χ1n) is 5.54. The lowest BCUT2D eigenvalue weighted by Gasteiger charge is -2.02. The molecular weight excluding hydrogens is 214 g/mol. The van der Waals surface area contributed by atoms with E-state index >= 15 is 0 Å². The minimum atomic E-state index is 0.491. The second kappa shape index (κ2) is 4.07. The molecule has 2 aromatic heterocycles. The molecule has 4 heteroatoms. The van der Waals surface area contributed by atoms with Crippen LogP contribution in [-0.4, -0.2) is 9.78 Å². The van der Waals surface area contributed by atoms with Crippen LogP contribution >= 0.6 is 0 Å². The molecule has 0 saturated carbocycles. The first-order chi connectivity index (χ1) is 8.38. The van der Waals surface area contributed by atoms with Gasteiger partial charge in [0.2, 0.25) is 0 Å². The summed E-state index contributed by atoms with van der Waals surface area (Å²) in [6, 6.07) is 10.0. The molecule has 2 N–H and O–H groups in total. The van der Waals surface area contributed by atoms with Gasteiger partial charge in [-0.25, -0.2) is 0 Å². The largest absolute Gasteiger partial charge is 0.467 e. The number of hydrogen-bond acceptors (Lipinski definition) is 3. The van der Waals surface area contributed by atoms with Crippen LogP contribution in [0.5, 0.6) is 0 Å². The van der Waals surface area contributed by atoms with Crippen molar-refractivity contribution in [2.24, 2.45) is 5.73 Å². The third-order valence-electron chi connectivity index (χ3n) is 2.90. The second-order valence-electron chi connectivity index (χ2n) is 3.93. The highest BCUT2D eigenvalue weighted by atomic mass is 16.3. The molecule has 0 atom stereocenters. The first kappa shape index (κ1) is 10.1. The summed E-state index contributed by atoms with van der Waals surface area (Å²) in [7, 11) is 0. The Kier molecular flexibility index (Phi) is 2.42. The quantitative estimate of drug-likeness (QED) is 0.745. The normalized spacial score (nSPS) is 11.1. The van der Waals surface area contributed by atoms with Crippen LogP contribution in [0.15, 0.2) is 47.2 Å². The van der Waals surface area contributed by atoms with Crippen LogP contribution in [0.2, 0.25) is 0 Å². The Balaban J connectivity index is 2.00. The van der Waals surface area contributed by atoms with Crippen LogP contribution in [0.1, 0.15) is 11.3 Å². The maximum absolute atomic E-state index is 5.65. The highest BCUT2D eigenvalue weighted by Crippen LogP contribution is 2.16. The SMILES string of the molecule is NCc1ccoc1Cn1ncc2ccccc21. The summed E-state index contributed by atoms with van der Waals surface area (Å²) in [6.07, 6.45) is 3.53. The van der Waals surface area contributed by atoms with Gasteiger partial charge in [0.05, 0.1) is 24.5 Å². The summed E-state index contributed by atoms with van der Waals surface area (Å²) >= 11 is 0. The monoisotopic (exact) mass is 227 g/mol. The van der Waals surface area contributed by atoms with Crippen molar-refractivity contribution in [2.45, 2.75) is 13.1 Å². The number of para-hydroxylation sites is 1. The van der Waals surface area contributed by atoms with Crippen molar-refractivity contribution in [3.63, 3.8) is 0 Å². The van der Waals surface area contributed by atoms with Crippen LogP contribution in [-0.2, 0) is 13.1 Å². The van der Waals surface area contributed by atoms with E-state index in [0.29, 0.717) is 13.1 Å². The molecule has 0 unspecified atom stereocenters. The molecule has 0 saturated heterocycles. The number of fused-ring (bicyclic) bond motifs is 1. The fourth-order valence-corrected chi connectivity index (χ4v) is 1.98. The lowest BCUT2D eigenvalue weighted by atomic mass is 10.2. The van der Waals surface area contributed by atoms with E-state index in [-0.39, 0.29) is 0 Å². The van der Waals surface area contributed by atoms with Crippen molar-refractivity contribution < 1.29 is 4.42 Å². The van der Waals surface area contributed by atoms with Gasteiger partial charge in [0, 0.05) is 17.5 Å². The maximum Gasteiger partial charge on any atom is 0.129 e. The van der Waals surface area contributed by atoms with Crippen molar-refractivity contribution in [2.75, 3.05) is 0 Å². The number of hydrogen-bond donors (Lipinski definition) is 1. The van der Waals surface area contributed by atoms with Crippen LogP contribution in [0, 0.1) is 0 Å². The van der Waals surface area contributed by atoms with Gasteiger partial charge in [-0.15, -0.1) is 0 Å². The number of rotatable bonds is 3. The predicted molar refractivity (Wildman–Crippen MR) is 65.4 cm³/mol. The molecule has 86 valence electrons. The van der Waals surface area contributed by atoms with Crippen molar-refractivity contribution >= 4 is 10.9 Å². The fourth-order valence-electron chi connectivity index (χ4n) is 1.98. The zero-order chi connectivity index (χ0) is 11.7. The number of benzene rings is 1. The lowest BCUT2D eigenvalue weighted by Crippen LogP contribution is -2.05. The van der Waals surface area contributed by atoms with Gasteiger partial charge in [0.15, 0.2) is 0 Å². The van der Waals surface area contributed by atoms with Crippen molar-refractivity contribution in [3.05, 3.63) is 54.1 Å². The smallest absolute Gasteiger partial charge is 0.129 e. The average Bonchev–Trinajstić information content (AvgIpc) is 2.97. The predicted octanol–water partition coefficient (Wildman–Crippen LogP) is 2.14. The molecule has 0 amide bonds. The zero-order valence-electron chi connectivity index (χ0n) is 9.34. The van der Waals surface area contributed by atoms with Gasteiger partial charge in [0.1, 0.15) is 5.76 Å². The van der Waals surface area contributed by atoms with E-state index in [9.17, 15) is 0 Å². The molecule has 0 aliphatic rings. The standard InChI is InChI=1S/C13H13N3O/c14-7-10-5-6-17-13(10)9-16-12-4-2-1-3-11(12)8-15-16/h1-6,8H,7,9,14H2. The van der Waals surface area contributed by atoms with Gasteiger partial charge in [-0.1, -0.05) is 18.2 Å². The van der Waals surface area contributed by atoms with Gasteiger partial charge >= 0.3 is 0 Å². The maximum atomic E-state index is 5.65. The van der Waals surface area contributed by atoms with E-state index in [1.54, 1.807) is 6.26 Å². The summed E-state index contributed by atoms with van der Waals surface area (Å²) in [5, 5.41) is 5.49. The van der Waals surface area contributed by atoms with Crippen LogP contribution in [0.4, 0.5) is 0 Å². The van der Waals surface area contributed by atoms with Gasteiger partial charge < -0.3 is 10.2 Å². The van der Waals surface area contributed by atoms with Crippen molar-refractivity contribution in [1.29, 1.82) is 0 Å². The number of furan rings is 1. The molecule has 2 heterocycles. The Labute approximate surface area is 98.6 Å². The summed E-state index contributed by atoms with van der Waals surface area (Å²) in [5.74, 6) is 0.876. The van der Waals surface area contributed by atoms with E-state index in [0.717, 1.165) is 22.2 Å². The topological polar surface area (TPSA) is 57.0 Å². The number of aromatic nitrogens is 2. The lowest BCUT2D eigenvalue weighted by molar-refractivity contribution is 0.479. The fraction of sp³-hybridized carbons (Fsp3) is 0.154. The minimum Gasteiger partial charge on any atom is -0.467 e. The molecule has 0 bridgehead atoms. The molecule has 0 fully saturated rings. The Morgan fingerprint density at radius 2 is 2.12 bits per heavy atom. The highest BCUT2D eigenvalue weighted by molar-refractivity contribution is 5.78. The molecule has 1 aromatic carbocycles. The molecule has 3 aromatic rings. The molecule has 0 aliphatic carbocycles. The number of nitrogens with zero attached hydrogens (tertiary/aromatic N) is 2. The number of nitrogens with two attached hydrogens (primary N) is 1. The molecule has 0 radical (unpaired) electrons. The van der Waals surface area contributed by atoms with E-state index in [1.807, 2.05) is 41.2 Å². The Hall–Kier alpha value is -2.07. The van der Waals surface area contributed by atoms with E-state index in [4.69, 9.17) is 10.2 Å². The molecule has 17 heavy (non-hydrogen) atoms. The summed E-state index contributed by atoms with van der Waals surface area (Å²) in [5.41, 5.74) is 7.78. The van der Waals surface area contributed by atoms with Crippen molar-refractivity contribution in [3.8, 4) is 0 Å². The average molecular weight is 227 g/mol. The Bertz CT molecular complexity index is 639. The van der Waals surface area contributed by atoms with E-state index in [2.05, 4.69) is 5.10 Å². The van der Waals surface area contributed by atoms with Gasteiger partial charge in [0.25, 0.3) is 0 Å². The molecule has 0 spiro atoms. The van der Waals surface area contributed by atoms with Crippen LogP contribution in [0.25, 0.3) is 10.9 Å². The van der Waals surface area contributed by atoms with Crippen molar-refractivity contribution in [1.82, 2.24) is 9.78 Å². The summed E-state index contributed by atoms with van der Waals surface area (Å²) < 4.78 is 7.36. The van der Waals surface area contributed by atoms with E-state index < -0.39 is 0 Å². The summed E-state index contributed by atoms with van der Waals surface area (Å²) in [4.78, 5) is 0. The Morgan fingerprint density at radius 3 is 3.00 bits per heavy atom. The van der Waals surface area contributed by atoms with Crippen LogP contribution in [0.3, 0.4) is 0 Å². The second-order valence-corrected chi connectivity index (χ2v) is 3.93. The minimum absolute atomic E-state index is 0.491. The molecular formula is C13H13N3O. The summed E-state index contributed by atoms with van der Waals surface area (Å²) in [6.45, 7) is 1.11. The zero-order valence-corrected chi connectivity index (χ0v) is 9.34. The Morgan fingerprint density at radius 1 is 1.24 bits per heavy atom. The third-order valence-corrected chi connectivity index (χ3v) is 2.90. The molecule has 3 rings (SSSR count).